The van der Waals surface area contributed by atoms with E-state index in [0.717, 1.165) is 0 Å². The van der Waals surface area contributed by atoms with E-state index in [9.17, 15) is 4.79 Å². The van der Waals surface area contributed by atoms with Crippen molar-refractivity contribution >= 4 is 6.03 Å². The van der Waals surface area contributed by atoms with Crippen LogP contribution in [0.25, 0.3) is 0 Å². The van der Waals surface area contributed by atoms with Crippen molar-refractivity contribution in [1.29, 1.82) is 0 Å². The van der Waals surface area contributed by atoms with Crippen LogP contribution in [-0.2, 0) is 0 Å². The number of urea groups is 1. The van der Waals surface area contributed by atoms with E-state index in [1.807, 2.05) is 0 Å². The number of hydrogen-bond donors (Lipinski definition) is 4. The number of hydrogen-bond acceptors (Lipinski definition) is 3. The van der Waals surface area contributed by atoms with E-state index in [4.69, 9.17) is 0 Å². The van der Waals surface area contributed by atoms with Crippen molar-refractivity contribution in [1.82, 2.24) is 10.9 Å². The Morgan fingerprint density at radius 3 is 1.50 bits per heavy atom. The van der Waals surface area contributed by atoms with Crippen LogP contribution in [0.15, 0.2) is 0 Å². The molecule has 12 heavy (non-hydrogen) atoms. The van der Waals surface area contributed by atoms with Gasteiger partial charge in [0.2, 0.25) is 0 Å². The lowest BCUT2D eigenvalue weighted by Crippen LogP contribution is -2.43. The average Bonchev–Trinajstić information content (AvgIpc) is 2.03. The third kappa shape index (κ3) is 16.1. The number of carbonyl (C=O) groups excluding carboxylic acids is 1. The highest BCUT2D eigenvalue weighted by atomic mass is 16.2. The third-order valence-corrected chi connectivity index (χ3v) is 1.32. The van der Waals surface area contributed by atoms with Crippen molar-refractivity contribution in [2.75, 3.05) is 0 Å². The molecule has 0 aliphatic carbocycles. The molecule has 74 valence electrons. The topological polar surface area (TPSA) is 93.2 Å². The SMILES string of the molecule is CCC(C)(C)C.NNC(=O)NN. The van der Waals surface area contributed by atoms with Gasteiger partial charge in [-0.1, -0.05) is 34.1 Å². The molecule has 0 radical (unpaired) electrons. The van der Waals surface area contributed by atoms with E-state index >= 15 is 0 Å². The lowest BCUT2D eigenvalue weighted by atomic mass is 9.94. The summed E-state index contributed by atoms with van der Waals surface area (Å²) < 4.78 is 0. The maximum Gasteiger partial charge on any atom is 0.343 e. The van der Waals surface area contributed by atoms with Gasteiger partial charge in [0.1, 0.15) is 0 Å². The predicted molar refractivity (Wildman–Crippen MR) is 49.8 cm³/mol. The molecule has 0 aliphatic rings. The first-order chi connectivity index (χ1) is 5.37. The fourth-order valence-electron chi connectivity index (χ4n) is 0.0417. The molecule has 0 heterocycles. The third-order valence-electron chi connectivity index (χ3n) is 1.32. The predicted octanol–water partition coefficient (Wildman–Crippen LogP) is 0.476. The van der Waals surface area contributed by atoms with Gasteiger partial charge in [0.05, 0.1) is 0 Å². The first-order valence-electron chi connectivity index (χ1n) is 3.84. The summed E-state index contributed by atoms with van der Waals surface area (Å²) in [5.74, 6) is 9.08. The molecule has 0 unspecified atom stereocenters. The molecule has 0 aromatic carbocycles. The zero-order valence-corrected chi connectivity index (χ0v) is 8.27. The van der Waals surface area contributed by atoms with Crippen LogP contribution in [0.3, 0.4) is 0 Å². The monoisotopic (exact) mass is 176 g/mol. The van der Waals surface area contributed by atoms with Gasteiger partial charge in [-0.3, -0.25) is 10.9 Å². The number of rotatable bonds is 0. The number of nitrogens with one attached hydrogen (secondary N) is 2. The second kappa shape index (κ2) is 6.87. The van der Waals surface area contributed by atoms with Crippen molar-refractivity contribution in [3.8, 4) is 0 Å². The summed E-state index contributed by atoms with van der Waals surface area (Å²) in [4.78, 5) is 9.71. The van der Waals surface area contributed by atoms with Crippen molar-refractivity contribution < 1.29 is 4.79 Å². The van der Waals surface area contributed by atoms with Gasteiger partial charge in [0.15, 0.2) is 0 Å². The van der Waals surface area contributed by atoms with Crippen molar-refractivity contribution in [2.45, 2.75) is 34.1 Å². The molecule has 2 amide bonds. The first-order valence-corrected chi connectivity index (χ1v) is 3.84. The van der Waals surface area contributed by atoms with Crippen LogP contribution in [0.2, 0.25) is 0 Å². The van der Waals surface area contributed by atoms with E-state index in [1.54, 1.807) is 10.9 Å². The van der Waals surface area contributed by atoms with Gasteiger partial charge in [0, 0.05) is 0 Å². The number of nitrogens with two attached hydrogens (primary N) is 2. The summed E-state index contributed by atoms with van der Waals surface area (Å²) in [5.41, 5.74) is 4.02. The number of amides is 2. The standard InChI is InChI=1S/C6H14.CH6N4O/c1-5-6(2,3)4;2-4-1(6)5-3/h5H2,1-4H3;2-3H2,(H2,4,5,6). The smallest absolute Gasteiger partial charge is 0.275 e. The van der Waals surface area contributed by atoms with E-state index in [1.165, 1.54) is 6.42 Å². The Hall–Kier alpha value is -0.810. The summed E-state index contributed by atoms with van der Waals surface area (Å²) in [6.07, 6.45) is 1.27. The van der Waals surface area contributed by atoms with Crippen molar-refractivity contribution in [3.05, 3.63) is 0 Å². The lowest BCUT2D eigenvalue weighted by Gasteiger charge is -2.12. The normalized spacial score (nSPS) is 9.50. The highest BCUT2D eigenvalue weighted by Gasteiger charge is 2.03. The molecule has 0 bridgehead atoms. The van der Waals surface area contributed by atoms with Gasteiger partial charge in [-0.25, -0.2) is 16.5 Å². The summed E-state index contributed by atoms with van der Waals surface area (Å²) in [6.45, 7) is 8.94. The molecule has 5 heteroatoms. The van der Waals surface area contributed by atoms with Gasteiger partial charge in [-0.2, -0.15) is 0 Å². The maximum absolute atomic E-state index is 9.71. The van der Waals surface area contributed by atoms with Crippen LogP contribution in [0.1, 0.15) is 34.1 Å². The molecular formula is C7H20N4O. The first kappa shape index (κ1) is 13.8. The van der Waals surface area contributed by atoms with Crippen molar-refractivity contribution in [3.63, 3.8) is 0 Å². The van der Waals surface area contributed by atoms with Gasteiger partial charge in [-0.15, -0.1) is 0 Å². The summed E-state index contributed by atoms with van der Waals surface area (Å²) in [6, 6.07) is -0.602. The minimum absolute atomic E-state index is 0.542. The number of carbonyl (C=O) groups is 1. The fourth-order valence-corrected chi connectivity index (χ4v) is 0.0417. The van der Waals surface area contributed by atoms with Crippen LogP contribution in [0.5, 0.6) is 0 Å². The van der Waals surface area contributed by atoms with E-state index in [2.05, 4.69) is 39.4 Å². The molecule has 0 rings (SSSR count). The van der Waals surface area contributed by atoms with E-state index < -0.39 is 6.03 Å². The Morgan fingerprint density at radius 1 is 1.25 bits per heavy atom. The highest BCUT2D eigenvalue weighted by Crippen LogP contribution is 2.16. The molecular weight excluding hydrogens is 156 g/mol. The molecule has 0 saturated carbocycles. The molecule has 0 atom stereocenters. The second-order valence-corrected chi connectivity index (χ2v) is 3.53. The van der Waals surface area contributed by atoms with Gasteiger partial charge in [0.25, 0.3) is 0 Å². The minimum atomic E-state index is -0.602. The Labute approximate surface area is 73.8 Å². The average molecular weight is 176 g/mol. The molecule has 6 N–H and O–H groups in total. The molecule has 0 spiro atoms. The Kier molecular flexibility index (Phi) is 7.88. The maximum atomic E-state index is 9.71. The molecule has 0 fully saturated rings. The molecule has 0 saturated heterocycles. The Balaban J connectivity index is 0. The van der Waals surface area contributed by atoms with Crippen LogP contribution < -0.4 is 22.5 Å². The molecule has 0 aromatic rings. The molecule has 0 aromatic heterocycles. The Bertz CT molecular complexity index is 113. The van der Waals surface area contributed by atoms with Crippen molar-refractivity contribution in [2.24, 2.45) is 17.1 Å². The van der Waals surface area contributed by atoms with E-state index in [-0.39, 0.29) is 0 Å². The quantitative estimate of drug-likeness (QED) is 0.245. The largest absolute Gasteiger partial charge is 0.343 e. The zero-order valence-electron chi connectivity index (χ0n) is 8.27. The second-order valence-electron chi connectivity index (χ2n) is 3.53. The van der Waals surface area contributed by atoms with Gasteiger partial charge < -0.3 is 0 Å². The molecule has 0 aliphatic heterocycles. The van der Waals surface area contributed by atoms with Gasteiger partial charge >= 0.3 is 6.03 Å². The number of hydrazine groups is 2. The molecule has 5 nitrogen and oxygen atoms in total. The zero-order chi connectivity index (χ0) is 10.2. The lowest BCUT2D eigenvalue weighted by molar-refractivity contribution is 0.241. The van der Waals surface area contributed by atoms with Crippen LogP contribution in [0.4, 0.5) is 4.79 Å². The van der Waals surface area contributed by atoms with Crippen LogP contribution in [0, 0.1) is 5.41 Å². The van der Waals surface area contributed by atoms with E-state index in [0.29, 0.717) is 5.41 Å². The van der Waals surface area contributed by atoms with Crippen LogP contribution >= 0.6 is 0 Å². The van der Waals surface area contributed by atoms with Gasteiger partial charge in [-0.05, 0) is 5.41 Å². The highest BCUT2D eigenvalue weighted by molar-refractivity contribution is 5.72. The minimum Gasteiger partial charge on any atom is -0.275 e. The van der Waals surface area contributed by atoms with Crippen LogP contribution in [-0.4, -0.2) is 6.03 Å². The Morgan fingerprint density at radius 2 is 1.50 bits per heavy atom. The summed E-state index contributed by atoms with van der Waals surface area (Å²) in [5, 5.41) is 0. The summed E-state index contributed by atoms with van der Waals surface area (Å²) >= 11 is 0. The fraction of sp³-hybridized carbons (Fsp3) is 0.857. The summed E-state index contributed by atoms with van der Waals surface area (Å²) in [7, 11) is 0.